The molecule has 9 heteroatoms. The van der Waals surface area contributed by atoms with Crippen LogP contribution in [0.5, 0.6) is 0 Å². The van der Waals surface area contributed by atoms with Gasteiger partial charge in [-0.25, -0.2) is 4.98 Å². The highest BCUT2D eigenvalue weighted by Crippen LogP contribution is 2.34. The average Bonchev–Trinajstić information content (AvgIpc) is 3.17. The third kappa shape index (κ3) is 3.13. The largest absolute Gasteiger partial charge is 0.481 e. The van der Waals surface area contributed by atoms with Crippen LogP contribution < -0.4 is 0 Å². The number of rotatable bonds is 3. The fourth-order valence-corrected chi connectivity index (χ4v) is 3.28. The monoisotopic (exact) mass is 369 g/mol. The minimum atomic E-state index is -4.60. The van der Waals surface area contributed by atoms with Gasteiger partial charge in [0.1, 0.15) is 0 Å². The number of hydrogen-bond acceptors (Lipinski definition) is 3. The van der Waals surface area contributed by atoms with Crippen molar-refractivity contribution in [1.29, 1.82) is 0 Å². The van der Waals surface area contributed by atoms with E-state index in [-0.39, 0.29) is 17.6 Å². The maximum absolute atomic E-state index is 13.3. The number of carboxylic acids is 1. The van der Waals surface area contributed by atoms with E-state index in [0.717, 1.165) is 4.57 Å². The van der Waals surface area contributed by atoms with Crippen molar-refractivity contribution in [3.05, 3.63) is 29.6 Å². The van der Waals surface area contributed by atoms with Gasteiger partial charge in [0.15, 0.2) is 0 Å². The smallest absolute Gasteiger partial charge is 0.449 e. The third-order valence-corrected chi connectivity index (χ3v) is 4.53. The van der Waals surface area contributed by atoms with E-state index in [2.05, 4.69) is 4.98 Å². The topological polar surface area (TPSA) is 75.4 Å². The SMILES string of the molecule is CC(C)n1c(C(F)(F)F)nc2cc(C(=O)N3CC[C@@H](C(=O)O)C3)ccc21. The molecule has 1 N–H and O–H groups in total. The summed E-state index contributed by atoms with van der Waals surface area (Å²) in [6.45, 7) is 3.67. The number of fused-ring (bicyclic) bond motifs is 1. The van der Waals surface area contributed by atoms with E-state index >= 15 is 0 Å². The molecule has 1 aromatic carbocycles. The normalized spacial score (nSPS) is 18.1. The summed E-state index contributed by atoms with van der Waals surface area (Å²) in [4.78, 5) is 28.7. The first-order valence-electron chi connectivity index (χ1n) is 8.21. The van der Waals surface area contributed by atoms with Crippen LogP contribution in [0.15, 0.2) is 18.2 Å². The highest BCUT2D eigenvalue weighted by molar-refractivity contribution is 5.98. The molecule has 1 aliphatic rings. The van der Waals surface area contributed by atoms with Gasteiger partial charge in [-0.1, -0.05) is 0 Å². The summed E-state index contributed by atoms with van der Waals surface area (Å²) in [5.41, 5.74) is 0.588. The number of nitrogens with zero attached hydrogens (tertiary/aromatic N) is 3. The van der Waals surface area contributed by atoms with Crippen LogP contribution in [-0.4, -0.2) is 44.5 Å². The van der Waals surface area contributed by atoms with Gasteiger partial charge < -0.3 is 14.6 Å². The van der Waals surface area contributed by atoms with Crippen LogP contribution in [0.2, 0.25) is 0 Å². The zero-order chi connectivity index (χ0) is 19.2. The maximum Gasteiger partial charge on any atom is 0.449 e. The molecule has 0 bridgehead atoms. The van der Waals surface area contributed by atoms with E-state index in [1.54, 1.807) is 13.8 Å². The molecule has 1 aliphatic heterocycles. The molecule has 0 spiro atoms. The Labute approximate surface area is 147 Å². The molecule has 1 fully saturated rings. The number of likely N-dealkylation sites (tertiary alicyclic amines) is 1. The molecule has 1 amide bonds. The zero-order valence-electron chi connectivity index (χ0n) is 14.2. The summed E-state index contributed by atoms with van der Waals surface area (Å²) in [6.07, 6.45) is -4.24. The Morgan fingerprint density at radius 2 is 2.00 bits per heavy atom. The zero-order valence-corrected chi connectivity index (χ0v) is 14.2. The number of carbonyl (C=O) groups excluding carboxylic acids is 1. The van der Waals surface area contributed by atoms with Gasteiger partial charge in [-0.2, -0.15) is 13.2 Å². The first-order chi connectivity index (χ1) is 12.1. The first-order valence-corrected chi connectivity index (χ1v) is 8.21. The number of carboxylic acid groups (broad SMARTS) is 1. The predicted octanol–water partition coefficient (Wildman–Crippen LogP) is 3.18. The van der Waals surface area contributed by atoms with Crippen LogP contribution in [0.25, 0.3) is 11.0 Å². The van der Waals surface area contributed by atoms with Gasteiger partial charge in [-0.3, -0.25) is 9.59 Å². The van der Waals surface area contributed by atoms with E-state index in [9.17, 15) is 22.8 Å². The Kier molecular flexibility index (Phi) is 4.41. The summed E-state index contributed by atoms with van der Waals surface area (Å²) in [6, 6.07) is 3.79. The Morgan fingerprint density at radius 1 is 1.31 bits per heavy atom. The minimum Gasteiger partial charge on any atom is -0.481 e. The standard InChI is InChI=1S/C17H18F3N3O3/c1-9(2)23-13-4-3-10(7-12(13)21-16(23)17(18,19)20)14(24)22-6-5-11(8-22)15(25)26/h3-4,7,9,11H,5-6,8H2,1-2H3,(H,25,26)/t11-/m1/s1. The molecule has 6 nitrogen and oxygen atoms in total. The third-order valence-electron chi connectivity index (χ3n) is 4.53. The van der Waals surface area contributed by atoms with Gasteiger partial charge in [0, 0.05) is 24.7 Å². The van der Waals surface area contributed by atoms with E-state index < -0.39 is 35.8 Å². The van der Waals surface area contributed by atoms with Crippen molar-refractivity contribution in [3.63, 3.8) is 0 Å². The average molecular weight is 369 g/mol. The lowest BCUT2D eigenvalue weighted by Crippen LogP contribution is -2.29. The summed E-state index contributed by atoms with van der Waals surface area (Å²) < 4.78 is 40.9. The lowest BCUT2D eigenvalue weighted by molar-refractivity contribution is -0.147. The number of hydrogen-bond donors (Lipinski definition) is 1. The number of alkyl halides is 3. The second-order valence-electron chi connectivity index (χ2n) is 6.68. The maximum atomic E-state index is 13.3. The van der Waals surface area contributed by atoms with Crippen molar-refractivity contribution >= 4 is 22.9 Å². The quantitative estimate of drug-likeness (QED) is 0.902. The van der Waals surface area contributed by atoms with Crippen molar-refractivity contribution in [1.82, 2.24) is 14.5 Å². The molecular weight excluding hydrogens is 351 g/mol. The second kappa shape index (κ2) is 6.30. The lowest BCUT2D eigenvalue weighted by Gasteiger charge is -2.16. The van der Waals surface area contributed by atoms with Crippen molar-refractivity contribution in [2.75, 3.05) is 13.1 Å². The van der Waals surface area contributed by atoms with E-state index in [0.29, 0.717) is 18.5 Å². The number of amides is 1. The van der Waals surface area contributed by atoms with Crippen LogP contribution in [0.1, 0.15) is 42.5 Å². The predicted molar refractivity (Wildman–Crippen MR) is 86.8 cm³/mol. The molecule has 0 radical (unpaired) electrons. The Morgan fingerprint density at radius 3 is 2.54 bits per heavy atom. The van der Waals surface area contributed by atoms with E-state index in [1.165, 1.54) is 23.1 Å². The number of halogens is 3. The van der Waals surface area contributed by atoms with Crippen LogP contribution in [0.3, 0.4) is 0 Å². The fraction of sp³-hybridized carbons (Fsp3) is 0.471. The minimum absolute atomic E-state index is 0.0888. The number of carbonyl (C=O) groups is 2. The van der Waals surface area contributed by atoms with Crippen molar-refractivity contribution < 1.29 is 27.9 Å². The molecular formula is C17H18F3N3O3. The van der Waals surface area contributed by atoms with Gasteiger partial charge in [0.2, 0.25) is 5.82 Å². The molecule has 1 saturated heterocycles. The van der Waals surface area contributed by atoms with Gasteiger partial charge in [0.05, 0.1) is 17.0 Å². The van der Waals surface area contributed by atoms with Gasteiger partial charge >= 0.3 is 12.1 Å². The van der Waals surface area contributed by atoms with Crippen molar-refractivity contribution in [3.8, 4) is 0 Å². The summed E-state index contributed by atoms with van der Waals surface area (Å²) in [5, 5.41) is 9.03. The first kappa shape index (κ1) is 18.2. The summed E-state index contributed by atoms with van der Waals surface area (Å²) >= 11 is 0. The number of aliphatic carboxylic acids is 1. The number of imidazole rings is 1. The van der Waals surface area contributed by atoms with Gasteiger partial charge in [-0.05, 0) is 38.5 Å². The van der Waals surface area contributed by atoms with Crippen LogP contribution in [0, 0.1) is 5.92 Å². The van der Waals surface area contributed by atoms with Crippen molar-refractivity contribution in [2.24, 2.45) is 5.92 Å². The molecule has 0 aliphatic carbocycles. The lowest BCUT2D eigenvalue weighted by atomic mass is 10.1. The second-order valence-corrected chi connectivity index (χ2v) is 6.68. The Hall–Kier alpha value is -2.58. The number of benzene rings is 1. The van der Waals surface area contributed by atoms with Crippen LogP contribution in [0.4, 0.5) is 13.2 Å². The summed E-state index contributed by atoms with van der Waals surface area (Å²) in [5.74, 6) is -2.97. The molecule has 2 aromatic rings. The van der Waals surface area contributed by atoms with Crippen molar-refractivity contribution in [2.45, 2.75) is 32.5 Å². The van der Waals surface area contributed by atoms with E-state index in [1.807, 2.05) is 0 Å². The highest BCUT2D eigenvalue weighted by atomic mass is 19.4. The van der Waals surface area contributed by atoms with Gasteiger partial charge in [-0.15, -0.1) is 0 Å². The number of aromatic nitrogens is 2. The Balaban J connectivity index is 1.97. The summed E-state index contributed by atoms with van der Waals surface area (Å²) in [7, 11) is 0. The highest BCUT2D eigenvalue weighted by Gasteiger charge is 2.38. The molecule has 2 heterocycles. The Bertz CT molecular complexity index is 873. The molecule has 0 unspecified atom stereocenters. The molecule has 0 saturated carbocycles. The van der Waals surface area contributed by atoms with Gasteiger partial charge in [0.25, 0.3) is 5.91 Å². The fourth-order valence-electron chi connectivity index (χ4n) is 3.28. The van der Waals surface area contributed by atoms with E-state index in [4.69, 9.17) is 5.11 Å². The molecule has 140 valence electrons. The molecule has 1 aromatic heterocycles. The van der Waals surface area contributed by atoms with Crippen LogP contribution >= 0.6 is 0 Å². The van der Waals surface area contributed by atoms with Crippen LogP contribution in [-0.2, 0) is 11.0 Å². The molecule has 3 rings (SSSR count). The molecule has 26 heavy (non-hydrogen) atoms. The molecule has 1 atom stereocenters.